The first-order chi connectivity index (χ1) is 16.0. The highest BCUT2D eigenvalue weighted by molar-refractivity contribution is 6.67. The van der Waals surface area contributed by atoms with E-state index in [9.17, 15) is 13.2 Å². The van der Waals surface area contributed by atoms with Crippen LogP contribution in [0.4, 0.5) is 13.2 Å². The number of carbonyl (C=O) groups is 1. The molecule has 0 unspecified atom stereocenters. The zero-order valence-corrected chi connectivity index (χ0v) is 19.2. The highest BCUT2D eigenvalue weighted by Crippen LogP contribution is 2.13. The second-order valence-corrected chi connectivity index (χ2v) is 5.90. The lowest BCUT2D eigenvalue weighted by Crippen LogP contribution is -2.36. The summed E-state index contributed by atoms with van der Waals surface area (Å²) < 4.78 is 50.6. The Hall–Kier alpha value is -2.45. The molecule has 0 radical (unpaired) electrons. The van der Waals surface area contributed by atoms with E-state index >= 15 is 0 Å². The van der Waals surface area contributed by atoms with E-state index in [1.54, 1.807) is 31.4 Å². The fourth-order valence-corrected chi connectivity index (χ4v) is 1.90. The molecule has 190 valence electrons. The van der Waals surface area contributed by atoms with E-state index in [0.29, 0.717) is 5.46 Å². The fraction of sp³-hybridized carbons (Fsp3) is 0.350. The summed E-state index contributed by atoms with van der Waals surface area (Å²) in [5.74, 6) is -2.76. The second kappa shape index (κ2) is 20.0. The van der Waals surface area contributed by atoms with Crippen LogP contribution in [0.15, 0.2) is 60.7 Å². The Labute approximate surface area is 196 Å². The number of halogens is 3. The van der Waals surface area contributed by atoms with E-state index in [-0.39, 0.29) is 13.4 Å². The number of benzene rings is 2. The second-order valence-electron chi connectivity index (χ2n) is 5.90. The molecule has 2 aromatic carbocycles. The van der Waals surface area contributed by atoms with Crippen molar-refractivity contribution in [3.63, 3.8) is 0 Å². The number of alkyl halides is 3. The van der Waals surface area contributed by atoms with Crippen LogP contribution in [0, 0.1) is 0 Å². The van der Waals surface area contributed by atoms with Gasteiger partial charge in [-0.1, -0.05) is 60.7 Å². The summed E-state index contributed by atoms with van der Waals surface area (Å²) in [5, 5.41) is 33.1. The van der Waals surface area contributed by atoms with Gasteiger partial charge < -0.3 is 39.1 Å². The molecule has 2 aromatic rings. The van der Waals surface area contributed by atoms with Gasteiger partial charge in [-0.3, -0.25) is 0 Å². The summed E-state index contributed by atoms with van der Waals surface area (Å²) in [6.07, 6.45) is -5.08. The molecule has 4 N–H and O–H groups in total. The molecule has 0 amide bonds. The Kier molecular flexibility index (Phi) is 19.8. The van der Waals surface area contributed by atoms with Gasteiger partial charge in [-0.05, 0) is 10.9 Å². The lowest BCUT2D eigenvalue weighted by atomic mass is 9.62. The van der Waals surface area contributed by atoms with Crippen LogP contribution in [0.5, 0.6) is 0 Å². The van der Waals surface area contributed by atoms with Gasteiger partial charge in [0.15, 0.2) is 0 Å². The number of carboxylic acid groups (broad SMARTS) is 1. The van der Waals surface area contributed by atoms with Crippen molar-refractivity contribution in [3.8, 4) is 0 Å². The zero-order chi connectivity index (χ0) is 26.6. The van der Waals surface area contributed by atoms with Crippen molar-refractivity contribution in [2.24, 2.45) is 0 Å². The zero-order valence-electron chi connectivity index (χ0n) is 19.2. The molecule has 0 bridgehead atoms. The summed E-state index contributed by atoms with van der Waals surface area (Å²) in [4.78, 5) is 8.90. The monoisotopic (exact) mass is 492 g/mol. The molecule has 0 fully saturated rings. The number of aliphatic hydroxyl groups is 1. The van der Waals surface area contributed by atoms with E-state index in [1.807, 2.05) is 36.4 Å². The van der Waals surface area contributed by atoms with E-state index in [0.717, 1.165) is 5.46 Å². The van der Waals surface area contributed by atoms with Crippen LogP contribution in [-0.4, -0.2) is 87.9 Å². The van der Waals surface area contributed by atoms with Crippen molar-refractivity contribution < 1.29 is 57.1 Å². The molecule has 14 heteroatoms. The number of rotatable bonds is 7. The predicted octanol–water partition coefficient (Wildman–Crippen LogP) is 0.272. The van der Waals surface area contributed by atoms with E-state index in [1.165, 1.54) is 21.3 Å². The number of ether oxygens (including phenoxy) is 3. The number of aliphatic hydroxyl groups excluding tert-OH is 1. The van der Waals surface area contributed by atoms with Crippen LogP contribution >= 0.6 is 0 Å². The van der Waals surface area contributed by atoms with Gasteiger partial charge in [0.25, 0.3) is 6.48 Å². The van der Waals surface area contributed by atoms with Crippen LogP contribution < -0.4 is 10.9 Å². The van der Waals surface area contributed by atoms with Gasteiger partial charge in [0.1, 0.15) is 0 Å². The lowest BCUT2D eigenvalue weighted by Gasteiger charge is -2.08. The smallest absolute Gasteiger partial charge is 0.475 e. The Morgan fingerprint density at radius 2 is 1.21 bits per heavy atom. The molecule has 0 aromatic heterocycles. The van der Waals surface area contributed by atoms with Crippen LogP contribution in [0.25, 0.3) is 0 Å². The first kappa shape index (κ1) is 33.7. The molecular formula is C20H29B2F3O9. The van der Waals surface area contributed by atoms with E-state index < -0.39 is 25.7 Å². The molecular weight excluding hydrogens is 463 g/mol. The molecule has 0 saturated carbocycles. The minimum absolute atomic E-state index is 0.0283. The Morgan fingerprint density at radius 3 is 1.38 bits per heavy atom. The molecule has 9 nitrogen and oxygen atoms in total. The molecule has 0 saturated heterocycles. The Balaban J connectivity index is 0. The van der Waals surface area contributed by atoms with Crippen molar-refractivity contribution >= 4 is 30.9 Å². The van der Waals surface area contributed by atoms with Crippen LogP contribution in [-0.2, 0) is 23.7 Å². The molecule has 34 heavy (non-hydrogen) atoms. The van der Waals surface area contributed by atoms with Gasteiger partial charge in [-0.25, -0.2) is 4.79 Å². The average molecular weight is 492 g/mol. The van der Waals surface area contributed by atoms with Crippen LogP contribution in [0.1, 0.15) is 0 Å². The quantitative estimate of drug-likeness (QED) is 0.318. The number of methoxy groups -OCH3 is 3. The van der Waals surface area contributed by atoms with Gasteiger partial charge in [0, 0.05) is 28.4 Å². The molecule has 0 spiro atoms. The SMILES string of the molecule is COB(CO)c1ccccc1.COC(OC)OC.O=C(O)C(F)(F)F.OB(O)c1ccccc1. The summed E-state index contributed by atoms with van der Waals surface area (Å²) in [7, 11) is 4.78. The summed E-state index contributed by atoms with van der Waals surface area (Å²) >= 11 is 0. The van der Waals surface area contributed by atoms with Gasteiger partial charge in [-0.2, -0.15) is 13.2 Å². The maximum absolute atomic E-state index is 10.6. The summed E-state index contributed by atoms with van der Waals surface area (Å²) in [6, 6.07) is 18.3. The first-order valence-electron chi connectivity index (χ1n) is 9.46. The molecule has 0 heterocycles. The van der Waals surface area contributed by atoms with Crippen molar-refractivity contribution in [2.75, 3.05) is 34.9 Å². The van der Waals surface area contributed by atoms with Crippen molar-refractivity contribution in [1.29, 1.82) is 0 Å². The Bertz CT molecular complexity index is 726. The van der Waals surface area contributed by atoms with Crippen molar-refractivity contribution in [3.05, 3.63) is 60.7 Å². The molecule has 0 aliphatic carbocycles. The maximum Gasteiger partial charge on any atom is 0.490 e. The third-order valence-electron chi connectivity index (χ3n) is 3.54. The largest absolute Gasteiger partial charge is 0.490 e. The van der Waals surface area contributed by atoms with Gasteiger partial charge in [-0.15, -0.1) is 0 Å². The minimum Gasteiger partial charge on any atom is -0.475 e. The van der Waals surface area contributed by atoms with E-state index in [4.69, 9.17) is 29.7 Å². The summed E-state index contributed by atoms with van der Waals surface area (Å²) in [5.41, 5.74) is 1.54. The minimum atomic E-state index is -5.08. The number of hydrogen-bond donors (Lipinski definition) is 4. The molecule has 0 atom stereocenters. The number of carboxylic acids is 1. The molecule has 0 aliphatic rings. The normalized spacial score (nSPS) is 9.97. The fourth-order valence-electron chi connectivity index (χ4n) is 1.90. The number of aliphatic carboxylic acids is 1. The molecule has 0 aliphatic heterocycles. The topological polar surface area (TPSA) is 135 Å². The standard InChI is InChI=1S/C8H11BO2.C6H7BO2.C4H10O3.C2HF3O2/c1-11-9(7-10)8-5-3-2-4-6-8;8-7(9)6-4-2-1-3-5-6;1-5-4(6-2)7-3;3-2(4,5)1(6)7/h2-6,10H,7H2,1H3;1-5,8-9H;4H,1-3H3;(H,6,7). The number of hydrogen-bond acceptors (Lipinski definition) is 8. The molecule has 2 rings (SSSR count). The van der Waals surface area contributed by atoms with Crippen LogP contribution in [0.2, 0.25) is 0 Å². The average Bonchev–Trinajstić information content (AvgIpc) is 2.83. The highest BCUT2D eigenvalue weighted by Gasteiger charge is 2.38. The van der Waals surface area contributed by atoms with Gasteiger partial charge >= 0.3 is 26.2 Å². The highest BCUT2D eigenvalue weighted by atomic mass is 19.4. The third-order valence-corrected chi connectivity index (χ3v) is 3.54. The first-order valence-corrected chi connectivity index (χ1v) is 9.46. The predicted molar refractivity (Wildman–Crippen MR) is 121 cm³/mol. The third kappa shape index (κ3) is 17.1. The van der Waals surface area contributed by atoms with E-state index in [2.05, 4.69) is 14.2 Å². The van der Waals surface area contributed by atoms with Gasteiger partial charge in [0.2, 0.25) is 0 Å². The van der Waals surface area contributed by atoms with Crippen molar-refractivity contribution in [1.82, 2.24) is 0 Å². The Morgan fingerprint density at radius 1 is 0.853 bits per heavy atom. The van der Waals surface area contributed by atoms with Crippen LogP contribution in [0.3, 0.4) is 0 Å². The van der Waals surface area contributed by atoms with Crippen molar-refractivity contribution in [2.45, 2.75) is 12.7 Å². The summed E-state index contributed by atoms with van der Waals surface area (Å²) in [6.45, 7) is -0.670. The lowest BCUT2D eigenvalue weighted by molar-refractivity contribution is -0.252. The maximum atomic E-state index is 10.6. The van der Waals surface area contributed by atoms with Gasteiger partial charge in [0.05, 0.1) is 6.51 Å².